The molecule has 0 atom stereocenters. The second-order valence-corrected chi connectivity index (χ2v) is 5.51. The van der Waals surface area contributed by atoms with E-state index in [1.165, 1.54) is 0 Å². The largest absolute Gasteiger partial charge is 0.484 e. The summed E-state index contributed by atoms with van der Waals surface area (Å²) >= 11 is 11.8. The quantitative estimate of drug-likeness (QED) is 0.678. The van der Waals surface area contributed by atoms with Crippen LogP contribution in [0.4, 0.5) is 0 Å². The van der Waals surface area contributed by atoms with Gasteiger partial charge in [-0.2, -0.15) is 4.98 Å². The first-order chi connectivity index (χ1) is 10.6. The van der Waals surface area contributed by atoms with Gasteiger partial charge in [-0.15, -0.1) is 0 Å². The molecular formula is C16H12Cl2N2O2. The van der Waals surface area contributed by atoms with Crippen LogP contribution in [-0.4, -0.2) is 10.1 Å². The zero-order chi connectivity index (χ0) is 15.5. The third kappa shape index (κ3) is 3.24. The normalized spacial score (nSPS) is 10.7. The molecule has 4 nitrogen and oxygen atoms in total. The number of ether oxygens (including phenoxy) is 1. The lowest BCUT2D eigenvalue weighted by Crippen LogP contribution is -1.96. The predicted molar refractivity (Wildman–Crippen MR) is 85.3 cm³/mol. The van der Waals surface area contributed by atoms with Crippen molar-refractivity contribution in [1.29, 1.82) is 0 Å². The van der Waals surface area contributed by atoms with Crippen LogP contribution in [0.3, 0.4) is 0 Å². The maximum atomic E-state index is 5.93. The summed E-state index contributed by atoms with van der Waals surface area (Å²) in [5.74, 6) is 1.53. The van der Waals surface area contributed by atoms with Crippen molar-refractivity contribution in [1.82, 2.24) is 10.1 Å². The van der Waals surface area contributed by atoms with Gasteiger partial charge in [0.15, 0.2) is 6.61 Å². The number of hydrogen-bond donors (Lipinski definition) is 0. The molecule has 0 spiro atoms. The summed E-state index contributed by atoms with van der Waals surface area (Å²) in [5, 5.41) is 4.89. The van der Waals surface area contributed by atoms with Crippen molar-refractivity contribution in [2.45, 2.75) is 13.5 Å². The van der Waals surface area contributed by atoms with Gasteiger partial charge < -0.3 is 9.26 Å². The van der Waals surface area contributed by atoms with Crippen LogP contribution >= 0.6 is 23.2 Å². The van der Waals surface area contributed by atoms with Gasteiger partial charge in [-0.25, -0.2) is 0 Å². The van der Waals surface area contributed by atoms with Gasteiger partial charge in [0, 0.05) is 11.6 Å². The molecule has 0 fully saturated rings. The Bertz CT molecular complexity index is 802. The van der Waals surface area contributed by atoms with Gasteiger partial charge >= 0.3 is 0 Å². The molecule has 2 aromatic carbocycles. The molecule has 0 radical (unpaired) electrons. The summed E-state index contributed by atoms with van der Waals surface area (Å²) in [6.07, 6.45) is 0. The molecule has 1 aromatic heterocycles. The summed E-state index contributed by atoms with van der Waals surface area (Å²) in [5.41, 5.74) is 2.02. The maximum Gasteiger partial charge on any atom is 0.264 e. The molecule has 0 bridgehead atoms. The molecular weight excluding hydrogens is 323 g/mol. The van der Waals surface area contributed by atoms with Crippen LogP contribution in [0.2, 0.25) is 10.0 Å². The van der Waals surface area contributed by atoms with E-state index >= 15 is 0 Å². The Morgan fingerprint density at radius 3 is 2.68 bits per heavy atom. The molecule has 0 saturated carbocycles. The molecule has 0 amide bonds. The molecule has 0 aliphatic heterocycles. The number of rotatable bonds is 4. The predicted octanol–water partition coefficient (Wildman–Crippen LogP) is 4.93. The van der Waals surface area contributed by atoms with E-state index in [-0.39, 0.29) is 6.61 Å². The monoisotopic (exact) mass is 334 g/mol. The Balaban J connectivity index is 1.72. The Morgan fingerprint density at radius 1 is 1.09 bits per heavy atom. The van der Waals surface area contributed by atoms with Gasteiger partial charge in [-0.1, -0.05) is 52.6 Å². The average Bonchev–Trinajstić information content (AvgIpc) is 2.98. The Labute approximate surface area is 137 Å². The van der Waals surface area contributed by atoms with Crippen molar-refractivity contribution < 1.29 is 9.26 Å². The fraction of sp³-hybridized carbons (Fsp3) is 0.125. The highest BCUT2D eigenvalue weighted by Gasteiger charge is 2.11. The van der Waals surface area contributed by atoms with Gasteiger partial charge in [0.05, 0.1) is 10.0 Å². The molecule has 0 saturated heterocycles. The molecule has 0 unspecified atom stereocenters. The summed E-state index contributed by atoms with van der Waals surface area (Å²) < 4.78 is 10.8. The highest BCUT2D eigenvalue weighted by Crippen LogP contribution is 2.27. The molecule has 0 N–H and O–H groups in total. The highest BCUT2D eigenvalue weighted by atomic mass is 35.5. The number of hydrogen-bond acceptors (Lipinski definition) is 4. The number of aryl methyl sites for hydroxylation is 1. The standard InChI is InChI=1S/C16H12Cl2N2O2/c1-10-4-2-3-5-12(10)16-19-15(22-20-16)9-21-11-6-7-13(17)14(18)8-11/h2-8H,9H2,1H3. The first kappa shape index (κ1) is 14.9. The zero-order valence-electron chi connectivity index (χ0n) is 11.7. The highest BCUT2D eigenvalue weighted by molar-refractivity contribution is 6.42. The van der Waals surface area contributed by atoms with Crippen molar-refractivity contribution >= 4 is 23.2 Å². The van der Waals surface area contributed by atoms with Crippen molar-refractivity contribution in [3.05, 3.63) is 64.0 Å². The number of aromatic nitrogens is 2. The zero-order valence-corrected chi connectivity index (χ0v) is 13.2. The number of benzene rings is 2. The Hall–Kier alpha value is -2.04. The van der Waals surface area contributed by atoms with Crippen molar-refractivity contribution in [2.75, 3.05) is 0 Å². The number of halogens is 2. The van der Waals surface area contributed by atoms with E-state index in [0.29, 0.717) is 27.5 Å². The van der Waals surface area contributed by atoms with E-state index in [2.05, 4.69) is 10.1 Å². The van der Waals surface area contributed by atoms with Crippen LogP contribution in [0.5, 0.6) is 5.75 Å². The van der Waals surface area contributed by atoms with Crippen molar-refractivity contribution in [3.8, 4) is 17.1 Å². The SMILES string of the molecule is Cc1ccccc1-c1noc(COc2ccc(Cl)c(Cl)c2)n1. The van der Waals surface area contributed by atoms with Gasteiger partial charge in [0.25, 0.3) is 5.89 Å². The Morgan fingerprint density at radius 2 is 1.91 bits per heavy atom. The third-order valence-corrected chi connectivity index (χ3v) is 3.85. The fourth-order valence-electron chi connectivity index (χ4n) is 1.96. The van der Waals surface area contributed by atoms with E-state index < -0.39 is 0 Å². The summed E-state index contributed by atoms with van der Waals surface area (Å²) in [6, 6.07) is 12.9. The third-order valence-electron chi connectivity index (χ3n) is 3.11. The second-order valence-electron chi connectivity index (χ2n) is 4.69. The summed E-state index contributed by atoms with van der Waals surface area (Å²) in [6.45, 7) is 2.16. The van der Waals surface area contributed by atoms with Crippen LogP contribution in [0, 0.1) is 6.92 Å². The van der Waals surface area contributed by atoms with E-state index in [1.54, 1.807) is 18.2 Å². The fourth-order valence-corrected chi connectivity index (χ4v) is 2.25. The minimum Gasteiger partial charge on any atom is -0.484 e. The summed E-state index contributed by atoms with van der Waals surface area (Å²) in [7, 11) is 0. The topological polar surface area (TPSA) is 48.2 Å². The molecule has 112 valence electrons. The van der Waals surface area contributed by atoms with Gasteiger partial charge in [-0.05, 0) is 24.6 Å². The molecule has 0 aliphatic rings. The van der Waals surface area contributed by atoms with Crippen LogP contribution in [-0.2, 0) is 6.61 Å². The van der Waals surface area contributed by atoms with Crippen LogP contribution in [0.25, 0.3) is 11.4 Å². The lowest BCUT2D eigenvalue weighted by Gasteiger charge is -2.04. The molecule has 3 rings (SSSR count). The number of nitrogens with zero attached hydrogens (tertiary/aromatic N) is 2. The minimum atomic E-state index is 0.164. The van der Waals surface area contributed by atoms with E-state index in [4.69, 9.17) is 32.5 Å². The lowest BCUT2D eigenvalue weighted by molar-refractivity contribution is 0.243. The first-order valence-electron chi connectivity index (χ1n) is 6.60. The van der Waals surface area contributed by atoms with Crippen LogP contribution < -0.4 is 4.74 Å². The molecule has 6 heteroatoms. The molecule has 22 heavy (non-hydrogen) atoms. The summed E-state index contributed by atoms with van der Waals surface area (Å²) in [4.78, 5) is 4.33. The minimum absolute atomic E-state index is 0.164. The second kappa shape index (κ2) is 6.38. The Kier molecular flexibility index (Phi) is 4.32. The smallest absolute Gasteiger partial charge is 0.264 e. The van der Waals surface area contributed by atoms with E-state index in [9.17, 15) is 0 Å². The average molecular weight is 335 g/mol. The maximum absolute atomic E-state index is 5.93. The molecule has 3 aromatic rings. The van der Waals surface area contributed by atoms with E-state index in [0.717, 1.165) is 11.1 Å². The van der Waals surface area contributed by atoms with Gasteiger partial charge in [0.2, 0.25) is 5.82 Å². The van der Waals surface area contributed by atoms with Crippen molar-refractivity contribution in [3.63, 3.8) is 0 Å². The van der Waals surface area contributed by atoms with E-state index in [1.807, 2.05) is 31.2 Å². The van der Waals surface area contributed by atoms with Crippen LogP contribution in [0.1, 0.15) is 11.5 Å². The van der Waals surface area contributed by atoms with Gasteiger partial charge in [-0.3, -0.25) is 0 Å². The van der Waals surface area contributed by atoms with Crippen molar-refractivity contribution in [2.24, 2.45) is 0 Å². The van der Waals surface area contributed by atoms with Crippen LogP contribution in [0.15, 0.2) is 47.0 Å². The lowest BCUT2D eigenvalue weighted by atomic mass is 10.1. The van der Waals surface area contributed by atoms with Gasteiger partial charge in [0.1, 0.15) is 5.75 Å². The molecule has 0 aliphatic carbocycles. The molecule has 1 heterocycles. The first-order valence-corrected chi connectivity index (χ1v) is 7.35.